The van der Waals surface area contributed by atoms with Crippen LogP contribution >= 0.6 is 0 Å². The van der Waals surface area contributed by atoms with Crippen LogP contribution in [0.5, 0.6) is 0 Å². The van der Waals surface area contributed by atoms with E-state index in [2.05, 4.69) is 9.62 Å². The molecule has 0 aliphatic carbocycles. The number of hydrogen-bond acceptors (Lipinski definition) is 4. The first kappa shape index (κ1) is 22.5. The summed E-state index contributed by atoms with van der Waals surface area (Å²) in [6.45, 7) is 2.41. The van der Waals surface area contributed by atoms with E-state index in [1.807, 2.05) is 30.3 Å². The molecule has 1 heterocycles. The van der Waals surface area contributed by atoms with Gasteiger partial charge in [-0.05, 0) is 60.2 Å². The Bertz CT molecular complexity index is 1220. The molecule has 8 heteroatoms. The Balaban J connectivity index is 1.33. The van der Waals surface area contributed by atoms with Crippen molar-refractivity contribution < 1.29 is 17.6 Å². The third-order valence-corrected chi connectivity index (χ3v) is 6.40. The Morgan fingerprint density at radius 2 is 1.48 bits per heavy atom. The van der Waals surface area contributed by atoms with Gasteiger partial charge >= 0.3 is 0 Å². The first-order valence-electron chi connectivity index (χ1n) is 10.6. The number of carbonyl (C=O) groups is 1. The van der Waals surface area contributed by atoms with Gasteiger partial charge in [0.15, 0.2) is 0 Å². The van der Waals surface area contributed by atoms with E-state index in [4.69, 9.17) is 0 Å². The summed E-state index contributed by atoms with van der Waals surface area (Å²) in [6, 6.07) is 21.9. The van der Waals surface area contributed by atoms with Crippen LogP contribution in [0.2, 0.25) is 0 Å². The van der Waals surface area contributed by atoms with Gasteiger partial charge in [-0.3, -0.25) is 9.52 Å². The van der Waals surface area contributed by atoms with E-state index in [1.165, 1.54) is 18.2 Å². The Morgan fingerprint density at radius 1 is 0.848 bits per heavy atom. The number of hydrogen-bond donors (Lipinski definition) is 1. The summed E-state index contributed by atoms with van der Waals surface area (Å²) in [6.07, 6.45) is 1.52. The third-order valence-electron chi connectivity index (χ3n) is 5.39. The lowest BCUT2D eigenvalue weighted by Crippen LogP contribution is -2.48. The maximum atomic E-state index is 13.1. The summed E-state index contributed by atoms with van der Waals surface area (Å²) in [4.78, 5) is 16.7. The molecule has 0 spiro atoms. The molecule has 3 aromatic rings. The maximum absolute atomic E-state index is 13.1. The molecule has 4 rings (SSSR count). The number of benzene rings is 3. The van der Waals surface area contributed by atoms with Crippen molar-refractivity contribution in [1.29, 1.82) is 0 Å². The predicted molar refractivity (Wildman–Crippen MR) is 129 cm³/mol. The van der Waals surface area contributed by atoms with Gasteiger partial charge in [-0.15, -0.1) is 0 Å². The lowest BCUT2D eigenvalue weighted by atomic mass is 10.1. The highest BCUT2D eigenvalue weighted by atomic mass is 32.2. The summed E-state index contributed by atoms with van der Waals surface area (Å²) >= 11 is 0. The van der Waals surface area contributed by atoms with Gasteiger partial charge in [0.2, 0.25) is 0 Å². The standard InChI is InChI=1S/C25H24FN3O3S/c26-22-8-12-24(13-9-22)28-15-17-29(18-16-28)25(30)21-6-10-23(11-7-21)27-33(31,32)19-14-20-4-2-1-3-5-20/h1-14,19,27H,15-18H2/b19-14+. The normalized spacial score (nSPS) is 14.5. The van der Waals surface area contributed by atoms with Gasteiger partial charge in [0.05, 0.1) is 5.41 Å². The van der Waals surface area contributed by atoms with Crippen LogP contribution in [0.3, 0.4) is 0 Å². The fraction of sp³-hybridized carbons (Fsp3) is 0.160. The molecule has 0 saturated carbocycles. The highest BCUT2D eigenvalue weighted by molar-refractivity contribution is 7.95. The Labute approximate surface area is 193 Å². The first-order chi connectivity index (χ1) is 15.9. The van der Waals surface area contributed by atoms with Crippen LogP contribution in [0.15, 0.2) is 84.3 Å². The minimum atomic E-state index is -3.68. The van der Waals surface area contributed by atoms with Crippen LogP contribution in [-0.4, -0.2) is 45.4 Å². The van der Waals surface area contributed by atoms with Crippen molar-refractivity contribution in [3.05, 3.63) is 101 Å². The molecular weight excluding hydrogens is 441 g/mol. The number of halogens is 1. The Kier molecular flexibility index (Phi) is 6.74. The van der Waals surface area contributed by atoms with Gasteiger partial charge < -0.3 is 9.80 Å². The second-order valence-electron chi connectivity index (χ2n) is 7.69. The quantitative estimate of drug-likeness (QED) is 0.592. The average molecular weight is 466 g/mol. The fourth-order valence-electron chi connectivity index (χ4n) is 3.61. The van der Waals surface area contributed by atoms with Crippen LogP contribution in [0.4, 0.5) is 15.8 Å². The molecule has 33 heavy (non-hydrogen) atoms. The van der Waals surface area contributed by atoms with Crippen molar-refractivity contribution in [2.75, 3.05) is 35.8 Å². The Hall–Kier alpha value is -3.65. The van der Waals surface area contributed by atoms with Gasteiger partial charge in [-0.1, -0.05) is 30.3 Å². The van der Waals surface area contributed by atoms with Gasteiger partial charge in [0.1, 0.15) is 5.82 Å². The number of nitrogens with zero attached hydrogens (tertiary/aromatic N) is 2. The van der Waals surface area contributed by atoms with E-state index >= 15 is 0 Å². The smallest absolute Gasteiger partial charge is 0.255 e. The van der Waals surface area contributed by atoms with Crippen molar-refractivity contribution in [2.24, 2.45) is 0 Å². The summed E-state index contributed by atoms with van der Waals surface area (Å²) in [5, 5.41) is 1.11. The second kappa shape index (κ2) is 9.87. The lowest BCUT2D eigenvalue weighted by Gasteiger charge is -2.36. The molecular formula is C25H24FN3O3S. The van der Waals surface area contributed by atoms with Crippen LogP contribution < -0.4 is 9.62 Å². The monoisotopic (exact) mass is 465 g/mol. The highest BCUT2D eigenvalue weighted by Gasteiger charge is 2.22. The zero-order valence-electron chi connectivity index (χ0n) is 17.9. The molecule has 0 aromatic heterocycles. The van der Waals surface area contributed by atoms with Crippen molar-refractivity contribution in [1.82, 2.24) is 4.90 Å². The molecule has 1 fully saturated rings. The molecule has 1 N–H and O–H groups in total. The fourth-order valence-corrected chi connectivity index (χ4v) is 4.48. The molecule has 1 aliphatic rings. The second-order valence-corrected chi connectivity index (χ2v) is 9.26. The van der Waals surface area contributed by atoms with Crippen molar-refractivity contribution >= 4 is 33.4 Å². The van der Waals surface area contributed by atoms with E-state index in [-0.39, 0.29) is 11.7 Å². The zero-order chi connectivity index (χ0) is 23.3. The number of carbonyl (C=O) groups excluding carboxylic acids is 1. The van der Waals surface area contributed by atoms with Gasteiger partial charge in [0.25, 0.3) is 15.9 Å². The van der Waals surface area contributed by atoms with E-state index < -0.39 is 10.0 Å². The summed E-state index contributed by atoms with van der Waals surface area (Å²) in [7, 11) is -3.68. The van der Waals surface area contributed by atoms with Gasteiger partial charge in [0, 0.05) is 43.1 Å². The summed E-state index contributed by atoms with van der Waals surface area (Å²) in [5.74, 6) is -0.377. The largest absolute Gasteiger partial charge is 0.368 e. The molecule has 0 atom stereocenters. The molecule has 1 aliphatic heterocycles. The molecule has 1 amide bonds. The van der Waals surface area contributed by atoms with Crippen LogP contribution in [0, 0.1) is 5.82 Å². The van der Waals surface area contributed by atoms with Crippen LogP contribution in [-0.2, 0) is 10.0 Å². The molecule has 0 radical (unpaired) electrons. The molecule has 6 nitrogen and oxygen atoms in total. The van der Waals surface area contributed by atoms with Crippen molar-refractivity contribution in [2.45, 2.75) is 0 Å². The Morgan fingerprint density at radius 3 is 2.12 bits per heavy atom. The molecule has 3 aromatic carbocycles. The minimum absolute atomic E-state index is 0.105. The zero-order valence-corrected chi connectivity index (χ0v) is 18.7. The lowest BCUT2D eigenvalue weighted by molar-refractivity contribution is 0.0747. The number of rotatable bonds is 6. The number of nitrogens with one attached hydrogen (secondary N) is 1. The van der Waals surface area contributed by atoms with Crippen molar-refractivity contribution in [3.8, 4) is 0 Å². The maximum Gasteiger partial charge on any atom is 0.255 e. The molecule has 1 saturated heterocycles. The van der Waals surface area contributed by atoms with Crippen LogP contribution in [0.25, 0.3) is 6.08 Å². The first-order valence-corrected chi connectivity index (χ1v) is 12.1. The number of piperazine rings is 1. The summed E-state index contributed by atoms with van der Waals surface area (Å²) < 4.78 is 40.2. The molecule has 0 bridgehead atoms. The molecule has 170 valence electrons. The average Bonchev–Trinajstić information content (AvgIpc) is 2.84. The van der Waals surface area contributed by atoms with E-state index in [0.717, 1.165) is 16.7 Å². The van der Waals surface area contributed by atoms with Gasteiger partial charge in [-0.25, -0.2) is 12.8 Å². The van der Waals surface area contributed by atoms with E-state index in [1.54, 1.807) is 41.3 Å². The highest BCUT2D eigenvalue weighted by Crippen LogP contribution is 2.19. The topological polar surface area (TPSA) is 69.7 Å². The van der Waals surface area contributed by atoms with Crippen molar-refractivity contribution in [3.63, 3.8) is 0 Å². The SMILES string of the molecule is O=C(c1ccc(NS(=O)(=O)/C=C/c2ccccc2)cc1)N1CCN(c2ccc(F)cc2)CC1. The van der Waals surface area contributed by atoms with Gasteiger partial charge in [-0.2, -0.15) is 0 Å². The predicted octanol–water partition coefficient (Wildman–Crippen LogP) is 4.20. The number of amides is 1. The minimum Gasteiger partial charge on any atom is -0.368 e. The van der Waals surface area contributed by atoms with E-state index in [0.29, 0.717) is 37.4 Å². The number of anilines is 2. The third kappa shape index (κ3) is 5.98. The van der Waals surface area contributed by atoms with E-state index in [9.17, 15) is 17.6 Å². The molecule has 0 unspecified atom stereocenters. The summed E-state index contributed by atoms with van der Waals surface area (Å²) in [5.41, 5.74) is 2.59. The van der Waals surface area contributed by atoms with Crippen LogP contribution in [0.1, 0.15) is 15.9 Å². The number of sulfonamides is 1.